The van der Waals surface area contributed by atoms with E-state index in [2.05, 4.69) is 30.5 Å². The summed E-state index contributed by atoms with van der Waals surface area (Å²) in [5.74, 6) is 0.938. The van der Waals surface area contributed by atoms with E-state index in [0.29, 0.717) is 5.41 Å². The number of aryl methyl sites for hydroxylation is 2. The minimum absolute atomic E-state index is 0.471. The highest BCUT2D eigenvalue weighted by Gasteiger charge is 2.40. The SMILES string of the molecule is CNCC(C)(CCc1ccnn1C)C1CC1. The molecule has 2 rings (SSSR count). The molecule has 0 spiro atoms. The molecule has 1 saturated carbocycles. The lowest BCUT2D eigenvalue weighted by atomic mass is 9.80. The lowest BCUT2D eigenvalue weighted by Gasteiger charge is -2.29. The maximum Gasteiger partial charge on any atom is 0.0492 e. The number of hydrogen-bond donors (Lipinski definition) is 1. The molecule has 16 heavy (non-hydrogen) atoms. The first-order valence-electron chi connectivity index (χ1n) is 6.27. The van der Waals surface area contributed by atoms with Gasteiger partial charge in [-0.3, -0.25) is 4.68 Å². The van der Waals surface area contributed by atoms with Gasteiger partial charge in [-0.1, -0.05) is 6.92 Å². The number of nitrogens with one attached hydrogen (secondary N) is 1. The Morgan fingerprint density at radius 1 is 1.56 bits per heavy atom. The number of rotatable bonds is 6. The molecule has 0 bridgehead atoms. The van der Waals surface area contributed by atoms with Crippen LogP contribution in [0, 0.1) is 11.3 Å². The van der Waals surface area contributed by atoms with Crippen molar-refractivity contribution in [1.29, 1.82) is 0 Å². The van der Waals surface area contributed by atoms with Crippen molar-refractivity contribution in [2.24, 2.45) is 18.4 Å². The van der Waals surface area contributed by atoms with Crippen molar-refractivity contribution in [3.05, 3.63) is 18.0 Å². The Kier molecular flexibility index (Phi) is 3.33. The van der Waals surface area contributed by atoms with E-state index in [1.54, 1.807) is 0 Å². The van der Waals surface area contributed by atoms with Crippen LogP contribution in [0.2, 0.25) is 0 Å². The largest absolute Gasteiger partial charge is 0.319 e. The summed E-state index contributed by atoms with van der Waals surface area (Å²) >= 11 is 0. The minimum atomic E-state index is 0.471. The third-order valence-electron chi connectivity index (χ3n) is 4.02. The molecule has 1 aromatic rings. The summed E-state index contributed by atoms with van der Waals surface area (Å²) in [6.07, 6.45) is 7.14. The summed E-state index contributed by atoms with van der Waals surface area (Å²) < 4.78 is 1.99. The molecule has 3 nitrogen and oxygen atoms in total. The van der Waals surface area contributed by atoms with Crippen molar-refractivity contribution in [2.45, 2.75) is 32.6 Å². The molecule has 1 unspecified atom stereocenters. The zero-order chi connectivity index (χ0) is 11.6. The quantitative estimate of drug-likeness (QED) is 0.796. The highest BCUT2D eigenvalue weighted by Crippen LogP contribution is 2.47. The minimum Gasteiger partial charge on any atom is -0.319 e. The molecule has 0 saturated heterocycles. The molecule has 3 heteroatoms. The molecule has 0 amide bonds. The fourth-order valence-corrected chi connectivity index (χ4v) is 2.68. The summed E-state index contributed by atoms with van der Waals surface area (Å²) in [5, 5.41) is 7.58. The van der Waals surface area contributed by atoms with Crippen LogP contribution >= 0.6 is 0 Å². The van der Waals surface area contributed by atoms with Crippen LogP contribution in [0.25, 0.3) is 0 Å². The molecule has 1 heterocycles. The molecule has 1 N–H and O–H groups in total. The summed E-state index contributed by atoms with van der Waals surface area (Å²) in [5.41, 5.74) is 1.82. The lowest BCUT2D eigenvalue weighted by molar-refractivity contribution is 0.241. The van der Waals surface area contributed by atoms with E-state index >= 15 is 0 Å². The van der Waals surface area contributed by atoms with Gasteiger partial charge >= 0.3 is 0 Å². The maximum absolute atomic E-state index is 4.22. The van der Waals surface area contributed by atoms with Gasteiger partial charge in [-0.2, -0.15) is 5.10 Å². The molecule has 0 aliphatic heterocycles. The van der Waals surface area contributed by atoms with Crippen molar-refractivity contribution < 1.29 is 0 Å². The summed E-state index contributed by atoms with van der Waals surface area (Å²) in [6, 6.07) is 2.13. The molecule has 0 radical (unpaired) electrons. The lowest BCUT2D eigenvalue weighted by Crippen LogP contribution is -2.32. The van der Waals surface area contributed by atoms with Crippen LogP contribution in [0.3, 0.4) is 0 Å². The van der Waals surface area contributed by atoms with Gasteiger partial charge in [0.25, 0.3) is 0 Å². The third-order valence-corrected chi connectivity index (χ3v) is 4.02. The van der Waals surface area contributed by atoms with Crippen LogP contribution in [0.1, 0.15) is 31.9 Å². The van der Waals surface area contributed by atoms with E-state index in [4.69, 9.17) is 0 Å². The van der Waals surface area contributed by atoms with Crippen LogP contribution < -0.4 is 5.32 Å². The molecule has 1 atom stereocenters. The fraction of sp³-hybridized carbons (Fsp3) is 0.769. The Hall–Kier alpha value is -0.830. The summed E-state index contributed by atoms with van der Waals surface area (Å²) in [6.45, 7) is 3.56. The number of nitrogens with zero attached hydrogens (tertiary/aromatic N) is 2. The Morgan fingerprint density at radius 3 is 2.81 bits per heavy atom. The van der Waals surface area contributed by atoms with E-state index < -0.39 is 0 Å². The fourth-order valence-electron chi connectivity index (χ4n) is 2.68. The van der Waals surface area contributed by atoms with Crippen LogP contribution in [0.5, 0.6) is 0 Å². The maximum atomic E-state index is 4.22. The van der Waals surface area contributed by atoms with Gasteiger partial charge in [-0.05, 0) is 50.1 Å². The Morgan fingerprint density at radius 2 is 2.31 bits per heavy atom. The van der Waals surface area contributed by atoms with Gasteiger partial charge in [0, 0.05) is 25.5 Å². The van der Waals surface area contributed by atoms with Gasteiger partial charge in [0.2, 0.25) is 0 Å². The molecule has 1 fully saturated rings. The van der Waals surface area contributed by atoms with Gasteiger partial charge < -0.3 is 5.32 Å². The zero-order valence-corrected chi connectivity index (χ0v) is 10.7. The van der Waals surface area contributed by atoms with E-state index in [-0.39, 0.29) is 0 Å². The van der Waals surface area contributed by atoms with E-state index in [1.807, 2.05) is 17.9 Å². The van der Waals surface area contributed by atoms with Crippen molar-refractivity contribution in [3.8, 4) is 0 Å². The average molecular weight is 221 g/mol. The van der Waals surface area contributed by atoms with Crippen molar-refractivity contribution in [3.63, 3.8) is 0 Å². The molecule has 90 valence electrons. The predicted molar refractivity (Wildman–Crippen MR) is 66.3 cm³/mol. The van der Waals surface area contributed by atoms with Gasteiger partial charge in [-0.15, -0.1) is 0 Å². The first-order chi connectivity index (χ1) is 7.65. The third kappa shape index (κ3) is 2.46. The Bertz CT molecular complexity index is 341. The molecular weight excluding hydrogens is 198 g/mol. The van der Waals surface area contributed by atoms with Crippen LogP contribution in [0.15, 0.2) is 12.3 Å². The number of hydrogen-bond acceptors (Lipinski definition) is 2. The molecular formula is C13H23N3. The van der Waals surface area contributed by atoms with Gasteiger partial charge in [-0.25, -0.2) is 0 Å². The monoisotopic (exact) mass is 221 g/mol. The molecule has 1 aliphatic carbocycles. The topological polar surface area (TPSA) is 29.9 Å². The second-order valence-electron chi connectivity index (χ2n) is 5.40. The first-order valence-corrected chi connectivity index (χ1v) is 6.27. The second-order valence-corrected chi connectivity index (χ2v) is 5.40. The van der Waals surface area contributed by atoms with Gasteiger partial charge in [0.05, 0.1) is 0 Å². The highest BCUT2D eigenvalue weighted by molar-refractivity contribution is 5.02. The van der Waals surface area contributed by atoms with Gasteiger partial charge in [0.15, 0.2) is 0 Å². The van der Waals surface area contributed by atoms with Crippen molar-refractivity contribution in [2.75, 3.05) is 13.6 Å². The Labute approximate surface area is 98.2 Å². The second kappa shape index (κ2) is 4.58. The van der Waals surface area contributed by atoms with E-state index in [1.165, 1.54) is 25.0 Å². The zero-order valence-electron chi connectivity index (χ0n) is 10.7. The number of aromatic nitrogens is 2. The molecule has 1 aliphatic rings. The van der Waals surface area contributed by atoms with E-state index in [9.17, 15) is 0 Å². The standard InChI is InChI=1S/C13H23N3/c1-13(10-14-2,11-4-5-11)8-6-12-7-9-15-16(12)3/h7,9,11,14H,4-6,8,10H2,1-3H3. The normalized spacial score (nSPS) is 19.7. The van der Waals surface area contributed by atoms with Crippen LogP contribution in [0.4, 0.5) is 0 Å². The van der Waals surface area contributed by atoms with Gasteiger partial charge in [0.1, 0.15) is 0 Å². The van der Waals surface area contributed by atoms with Crippen LogP contribution in [-0.2, 0) is 13.5 Å². The highest BCUT2D eigenvalue weighted by atomic mass is 15.2. The Balaban J connectivity index is 1.94. The summed E-state index contributed by atoms with van der Waals surface area (Å²) in [7, 11) is 4.09. The summed E-state index contributed by atoms with van der Waals surface area (Å²) in [4.78, 5) is 0. The smallest absolute Gasteiger partial charge is 0.0492 e. The molecule has 0 aromatic carbocycles. The molecule has 1 aromatic heterocycles. The van der Waals surface area contributed by atoms with E-state index in [0.717, 1.165) is 18.9 Å². The van der Waals surface area contributed by atoms with Crippen molar-refractivity contribution >= 4 is 0 Å². The van der Waals surface area contributed by atoms with Crippen molar-refractivity contribution in [1.82, 2.24) is 15.1 Å². The predicted octanol–water partition coefficient (Wildman–Crippen LogP) is 1.99. The van der Waals surface area contributed by atoms with Crippen LogP contribution in [-0.4, -0.2) is 23.4 Å². The first kappa shape index (κ1) is 11.6. The average Bonchev–Trinajstić information content (AvgIpc) is 3.02.